The van der Waals surface area contributed by atoms with Crippen LogP contribution in [0.4, 0.5) is 11.4 Å². The minimum Gasteiger partial charge on any atom is -0.449 e. The fourth-order valence-electron chi connectivity index (χ4n) is 3.16. The number of halogens is 1. The third-order valence-corrected chi connectivity index (χ3v) is 4.77. The number of amides is 1. The van der Waals surface area contributed by atoms with Gasteiger partial charge in [0.2, 0.25) is 0 Å². The summed E-state index contributed by atoms with van der Waals surface area (Å²) in [4.78, 5) is 37.1. The summed E-state index contributed by atoms with van der Waals surface area (Å²) in [7, 11) is 0. The number of hydrogen-bond acceptors (Lipinski definition) is 5. The second kappa shape index (κ2) is 7.36. The monoisotopic (exact) mass is 388 g/mol. The van der Waals surface area contributed by atoms with Crippen molar-refractivity contribution in [3.05, 3.63) is 68.7 Å². The molecule has 140 valence electrons. The number of para-hydroxylation sites is 1. The second-order valence-corrected chi connectivity index (χ2v) is 6.77. The zero-order valence-electron chi connectivity index (χ0n) is 14.7. The molecule has 1 heterocycles. The predicted molar refractivity (Wildman–Crippen MR) is 100 cm³/mol. The van der Waals surface area contributed by atoms with Gasteiger partial charge in [0.05, 0.1) is 10.5 Å². The first-order valence-electron chi connectivity index (χ1n) is 8.35. The molecular weight excluding hydrogens is 372 g/mol. The number of esters is 1. The number of fused-ring (bicyclic) bond motifs is 1. The van der Waals surface area contributed by atoms with E-state index in [1.54, 1.807) is 4.90 Å². The molecule has 7 nitrogen and oxygen atoms in total. The molecule has 0 N–H and O–H groups in total. The summed E-state index contributed by atoms with van der Waals surface area (Å²) < 4.78 is 5.25. The minimum atomic E-state index is -1.04. The zero-order chi connectivity index (χ0) is 19.7. The Hall–Kier alpha value is -2.93. The highest BCUT2D eigenvalue weighted by Gasteiger charge is 2.34. The van der Waals surface area contributed by atoms with Gasteiger partial charge >= 0.3 is 5.97 Å². The molecule has 1 aliphatic rings. The molecule has 2 aromatic rings. The van der Waals surface area contributed by atoms with Crippen LogP contribution < -0.4 is 4.90 Å². The quantitative estimate of drug-likeness (QED) is 0.451. The molecule has 0 unspecified atom stereocenters. The summed E-state index contributed by atoms with van der Waals surface area (Å²) in [6.07, 6.45) is -0.313. The van der Waals surface area contributed by atoms with Gasteiger partial charge < -0.3 is 9.64 Å². The van der Waals surface area contributed by atoms with Gasteiger partial charge in [-0.05, 0) is 44.0 Å². The maximum Gasteiger partial charge on any atom is 0.339 e. The van der Waals surface area contributed by atoms with Gasteiger partial charge in [-0.1, -0.05) is 29.8 Å². The average molecular weight is 389 g/mol. The van der Waals surface area contributed by atoms with E-state index in [-0.39, 0.29) is 22.5 Å². The van der Waals surface area contributed by atoms with E-state index in [4.69, 9.17) is 16.3 Å². The maximum atomic E-state index is 12.8. The van der Waals surface area contributed by atoms with Gasteiger partial charge in [-0.3, -0.25) is 14.9 Å². The van der Waals surface area contributed by atoms with Crippen LogP contribution in [0, 0.1) is 10.1 Å². The molecule has 0 bridgehead atoms. The number of nitro benzene ring substituents is 1. The van der Waals surface area contributed by atoms with Crippen LogP contribution >= 0.6 is 11.6 Å². The van der Waals surface area contributed by atoms with Crippen molar-refractivity contribution in [2.45, 2.75) is 32.4 Å². The fourth-order valence-corrected chi connectivity index (χ4v) is 3.34. The molecule has 8 heteroatoms. The van der Waals surface area contributed by atoms with Gasteiger partial charge in [0, 0.05) is 17.8 Å². The normalized spacial score (nSPS) is 16.6. The molecular formula is C19H17ClN2O5. The van der Waals surface area contributed by atoms with Gasteiger partial charge in [-0.15, -0.1) is 0 Å². The van der Waals surface area contributed by atoms with Crippen LogP contribution in [0.25, 0.3) is 0 Å². The maximum absolute atomic E-state index is 12.8. The van der Waals surface area contributed by atoms with Crippen molar-refractivity contribution in [1.82, 2.24) is 0 Å². The summed E-state index contributed by atoms with van der Waals surface area (Å²) >= 11 is 5.75. The van der Waals surface area contributed by atoms with Crippen LogP contribution in [-0.2, 0) is 16.0 Å². The largest absolute Gasteiger partial charge is 0.449 e. The molecule has 0 saturated heterocycles. The molecule has 2 aromatic carbocycles. The van der Waals surface area contributed by atoms with Crippen molar-refractivity contribution >= 4 is 34.9 Å². The number of nitrogens with zero attached hydrogens (tertiary/aromatic N) is 2. The van der Waals surface area contributed by atoms with E-state index in [2.05, 4.69) is 0 Å². The van der Waals surface area contributed by atoms with Crippen molar-refractivity contribution in [2.24, 2.45) is 0 Å². The summed E-state index contributed by atoms with van der Waals surface area (Å²) in [5.41, 5.74) is 1.43. The highest BCUT2D eigenvalue weighted by molar-refractivity contribution is 6.32. The molecule has 1 amide bonds. The fraction of sp³-hybridized carbons (Fsp3) is 0.263. The molecule has 3 rings (SSSR count). The molecule has 0 fully saturated rings. The van der Waals surface area contributed by atoms with Crippen LogP contribution in [0.2, 0.25) is 5.02 Å². The van der Waals surface area contributed by atoms with Crippen molar-refractivity contribution in [3.63, 3.8) is 0 Å². The lowest BCUT2D eigenvalue weighted by Gasteiger charge is -2.25. The molecule has 0 saturated carbocycles. The molecule has 0 aromatic heterocycles. The number of anilines is 1. The van der Waals surface area contributed by atoms with E-state index in [1.165, 1.54) is 19.1 Å². The number of rotatable bonds is 4. The second-order valence-electron chi connectivity index (χ2n) is 6.36. The third-order valence-electron chi connectivity index (χ3n) is 4.45. The van der Waals surface area contributed by atoms with Gasteiger partial charge in [-0.25, -0.2) is 4.79 Å². The number of benzene rings is 2. The first-order valence-corrected chi connectivity index (χ1v) is 8.73. The molecule has 2 atom stereocenters. The number of ether oxygens (including phenoxy) is 1. The number of nitro groups is 1. The Kier molecular flexibility index (Phi) is 5.14. The summed E-state index contributed by atoms with van der Waals surface area (Å²) in [5, 5.41) is 10.9. The standard InChI is InChI=1S/C19H17ClN2O5/c1-11-9-13-5-3-4-6-16(13)21(11)18(23)12(2)27-19(24)14-7-8-15(20)17(10-14)22(25)26/h3-8,10-12H,9H2,1-2H3/t11-,12+/m1/s1. The van der Waals surface area contributed by atoms with E-state index in [0.29, 0.717) is 0 Å². The lowest BCUT2D eigenvalue weighted by atomic mass is 10.1. The SMILES string of the molecule is C[C@H](OC(=O)c1ccc(Cl)c([N+](=O)[O-])c1)C(=O)N1c2ccccc2C[C@H]1C. The van der Waals surface area contributed by atoms with Gasteiger partial charge in [-0.2, -0.15) is 0 Å². The Morgan fingerprint density at radius 2 is 2.00 bits per heavy atom. The summed E-state index contributed by atoms with van der Waals surface area (Å²) in [6.45, 7) is 3.41. The van der Waals surface area contributed by atoms with Crippen LogP contribution in [0.1, 0.15) is 29.8 Å². The van der Waals surface area contributed by atoms with Crippen LogP contribution in [0.5, 0.6) is 0 Å². The van der Waals surface area contributed by atoms with E-state index >= 15 is 0 Å². The Balaban J connectivity index is 1.76. The smallest absolute Gasteiger partial charge is 0.339 e. The van der Waals surface area contributed by atoms with Crippen molar-refractivity contribution in [3.8, 4) is 0 Å². The topological polar surface area (TPSA) is 89.7 Å². The third kappa shape index (κ3) is 3.64. The minimum absolute atomic E-state index is 0.0411. The zero-order valence-corrected chi connectivity index (χ0v) is 15.5. The van der Waals surface area contributed by atoms with Gasteiger partial charge in [0.1, 0.15) is 5.02 Å². The van der Waals surface area contributed by atoms with Crippen molar-refractivity contribution in [1.29, 1.82) is 0 Å². The highest BCUT2D eigenvalue weighted by Crippen LogP contribution is 2.32. The molecule has 0 radical (unpaired) electrons. The summed E-state index contributed by atoms with van der Waals surface area (Å²) in [6, 6.07) is 11.1. The van der Waals surface area contributed by atoms with E-state index in [1.807, 2.05) is 31.2 Å². The predicted octanol–water partition coefficient (Wildman–Crippen LogP) is 3.77. The Labute approximate surface area is 160 Å². The first-order chi connectivity index (χ1) is 12.8. The Morgan fingerprint density at radius 3 is 2.70 bits per heavy atom. The van der Waals surface area contributed by atoms with Crippen LogP contribution in [0.3, 0.4) is 0 Å². The van der Waals surface area contributed by atoms with E-state index in [0.717, 1.165) is 23.7 Å². The van der Waals surface area contributed by atoms with Crippen LogP contribution in [-0.4, -0.2) is 28.9 Å². The molecule has 0 spiro atoms. The van der Waals surface area contributed by atoms with E-state index in [9.17, 15) is 19.7 Å². The molecule has 0 aliphatic carbocycles. The van der Waals surface area contributed by atoms with Crippen molar-refractivity contribution < 1.29 is 19.2 Å². The first kappa shape index (κ1) is 18.8. The Morgan fingerprint density at radius 1 is 1.30 bits per heavy atom. The van der Waals surface area contributed by atoms with Crippen molar-refractivity contribution in [2.75, 3.05) is 4.90 Å². The number of carbonyl (C=O) groups is 2. The van der Waals surface area contributed by atoms with Gasteiger partial charge in [0.15, 0.2) is 6.10 Å². The lowest BCUT2D eigenvalue weighted by molar-refractivity contribution is -0.384. The average Bonchev–Trinajstić information content (AvgIpc) is 2.96. The number of carbonyl (C=O) groups excluding carboxylic acids is 2. The van der Waals surface area contributed by atoms with E-state index < -0.39 is 22.7 Å². The van der Waals surface area contributed by atoms with Gasteiger partial charge in [0.25, 0.3) is 11.6 Å². The molecule has 1 aliphatic heterocycles. The highest BCUT2D eigenvalue weighted by atomic mass is 35.5. The Bertz CT molecular complexity index is 930. The lowest BCUT2D eigenvalue weighted by Crippen LogP contribution is -2.43. The molecule has 27 heavy (non-hydrogen) atoms. The number of hydrogen-bond donors (Lipinski definition) is 0. The summed E-state index contributed by atoms with van der Waals surface area (Å²) in [5.74, 6) is -1.17. The van der Waals surface area contributed by atoms with Crippen LogP contribution in [0.15, 0.2) is 42.5 Å².